The Balaban J connectivity index is 3.29. The second-order valence-corrected chi connectivity index (χ2v) is 5.51. The minimum atomic E-state index is -1.32. The van der Waals surface area contributed by atoms with Crippen LogP contribution in [-0.2, 0) is 3.79 Å². The van der Waals surface area contributed by atoms with Crippen molar-refractivity contribution in [2.75, 3.05) is 0 Å². The smallest absolute Gasteiger partial charge is 0.0784 e. The summed E-state index contributed by atoms with van der Waals surface area (Å²) >= 11 is 17.4. The Kier molecular flexibility index (Phi) is 3.16. The van der Waals surface area contributed by atoms with Crippen molar-refractivity contribution in [3.8, 4) is 0 Å². The fourth-order valence-corrected chi connectivity index (χ4v) is 1.53. The van der Waals surface area contributed by atoms with E-state index in [1.807, 2.05) is 26.0 Å². The highest BCUT2D eigenvalue weighted by Crippen LogP contribution is 2.39. The van der Waals surface area contributed by atoms with Crippen LogP contribution in [0.3, 0.4) is 0 Å². The predicted octanol–water partition coefficient (Wildman–Crippen LogP) is 4.44. The predicted molar refractivity (Wildman–Crippen MR) is 59.9 cm³/mol. The average Bonchev–Trinajstić information content (AvgIpc) is 1.97. The normalized spacial score (nSPS) is 11.8. The lowest BCUT2D eigenvalue weighted by Crippen LogP contribution is -2.02. The van der Waals surface area contributed by atoms with Crippen LogP contribution in [0.15, 0.2) is 12.1 Å². The quantitative estimate of drug-likeness (QED) is 0.585. The van der Waals surface area contributed by atoms with E-state index in [2.05, 4.69) is 6.92 Å². The summed E-state index contributed by atoms with van der Waals surface area (Å²) in [5.74, 6) is 0. The number of aryl methyl sites for hydroxylation is 2. The Morgan fingerprint density at radius 3 is 1.62 bits per heavy atom. The van der Waals surface area contributed by atoms with Crippen molar-refractivity contribution in [3.05, 3.63) is 34.4 Å². The molecule has 1 aromatic rings. The van der Waals surface area contributed by atoms with Gasteiger partial charge in [0.1, 0.15) is 0 Å². The van der Waals surface area contributed by atoms with Gasteiger partial charge in [-0.1, -0.05) is 46.9 Å². The standard InChI is InChI=1S/C10H11Cl3/c1-6-4-9(10(11,12)13)5-7(2)8(6)3/h4-5H,1-3H3. The molecule has 0 aromatic heterocycles. The molecule has 13 heavy (non-hydrogen) atoms. The highest BCUT2D eigenvalue weighted by atomic mass is 35.6. The second kappa shape index (κ2) is 3.68. The maximum atomic E-state index is 5.79. The van der Waals surface area contributed by atoms with Crippen molar-refractivity contribution in [2.45, 2.75) is 24.6 Å². The van der Waals surface area contributed by atoms with Gasteiger partial charge in [-0.3, -0.25) is 0 Å². The van der Waals surface area contributed by atoms with Gasteiger partial charge >= 0.3 is 0 Å². The van der Waals surface area contributed by atoms with Gasteiger partial charge in [-0.2, -0.15) is 0 Å². The van der Waals surface area contributed by atoms with Crippen LogP contribution in [-0.4, -0.2) is 0 Å². The Hall–Kier alpha value is 0.0900. The van der Waals surface area contributed by atoms with E-state index in [1.165, 1.54) is 5.56 Å². The molecule has 0 N–H and O–H groups in total. The molecule has 3 heteroatoms. The fraction of sp³-hybridized carbons (Fsp3) is 0.400. The van der Waals surface area contributed by atoms with Crippen LogP contribution in [0.25, 0.3) is 0 Å². The third-order valence-corrected chi connectivity index (χ3v) is 2.91. The van der Waals surface area contributed by atoms with Crippen molar-refractivity contribution in [1.29, 1.82) is 0 Å². The van der Waals surface area contributed by atoms with Crippen LogP contribution in [0.1, 0.15) is 22.3 Å². The lowest BCUT2D eigenvalue weighted by molar-refractivity contribution is 1.17. The molecular formula is C10H11Cl3. The van der Waals surface area contributed by atoms with E-state index >= 15 is 0 Å². The van der Waals surface area contributed by atoms with Crippen molar-refractivity contribution >= 4 is 34.8 Å². The van der Waals surface area contributed by atoms with E-state index in [9.17, 15) is 0 Å². The highest BCUT2D eigenvalue weighted by molar-refractivity contribution is 6.66. The Labute approximate surface area is 93.8 Å². The van der Waals surface area contributed by atoms with Gasteiger partial charge in [0.15, 0.2) is 0 Å². The monoisotopic (exact) mass is 236 g/mol. The molecule has 0 bridgehead atoms. The maximum absolute atomic E-state index is 5.79. The van der Waals surface area contributed by atoms with E-state index < -0.39 is 3.79 Å². The van der Waals surface area contributed by atoms with Gasteiger partial charge in [0.25, 0.3) is 0 Å². The second-order valence-electron chi connectivity index (χ2n) is 3.23. The molecule has 0 amide bonds. The highest BCUT2D eigenvalue weighted by Gasteiger charge is 2.23. The number of halogens is 3. The molecule has 0 spiro atoms. The first-order chi connectivity index (χ1) is 5.82. The Morgan fingerprint density at radius 1 is 0.923 bits per heavy atom. The number of alkyl halides is 3. The van der Waals surface area contributed by atoms with Crippen molar-refractivity contribution < 1.29 is 0 Å². The Morgan fingerprint density at radius 2 is 1.31 bits per heavy atom. The third-order valence-electron chi connectivity index (χ3n) is 2.25. The summed E-state index contributed by atoms with van der Waals surface area (Å²) in [5.41, 5.74) is 4.29. The molecule has 0 atom stereocenters. The average molecular weight is 238 g/mol. The van der Waals surface area contributed by atoms with Crippen LogP contribution >= 0.6 is 34.8 Å². The lowest BCUT2D eigenvalue weighted by atomic mass is 10.0. The summed E-state index contributed by atoms with van der Waals surface area (Å²) in [4.78, 5) is 0. The van der Waals surface area contributed by atoms with Gasteiger partial charge in [-0.25, -0.2) is 0 Å². The van der Waals surface area contributed by atoms with Crippen LogP contribution in [0, 0.1) is 20.8 Å². The first-order valence-corrected chi connectivity index (χ1v) is 5.11. The van der Waals surface area contributed by atoms with Crippen molar-refractivity contribution in [3.63, 3.8) is 0 Å². The molecule has 0 fully saturated rings. The molecule has 0 unspecified atom stereocenters. The van der Waals surface area contributed by atoms with Gasteiger partial charge in [0, 0.05) is 5.56 Å². The summed E-state index contributed by atoms with van der Waals surface area (Å²) in [6.07, 6.45) is 0. The molecule has 0 aliphatic carbocycles. The molecule has 0 aliphatic heterocycles. The molecule has 0 heterocycles. The number of hydrogen-bond acceptors (Lipinski definition) is 0. The summed E-state index contributed by atoms with van der Waals surface area (Å²) in [6.45, 7) is 6.09. The number of rotatable bonds is 0. The SMILES string of the molecule is Cc1cc(C(Cl)(Cl)Cl)cc(C)c1C. The number of benzene rings is 1. The first kappa shape index (κ1) is 11.2. The molecule has 0 nitrogen and oxygen atoms in total. The van der Waals surface area contributed by atoms with Crippen molar-refractivity contribution in [2.24, 2.45) is 0 Å². The van der Waals surface area contributed by atoms with Gasteiger partial charge in [0.2, 0.25) is 3.79 Å². The van der Waals surface area contributed by atoms with E-state index in [1.54, 1.807) is 0 Å². The first-order valence-electron chi connectivity index (χ1n) is 3.97. The summed E-state index contributed by atoms with van der Waals surface area (Å²) < 4.78 is -1.32. The van der Waals surface area contributed by atoms with Crippen molar-refractivity contribution in [1.82, 2.24) is 0 Å². The van der Waals surface area contributed by atoms with E-state index in [0.29, 0.717) is 0 Å². The van der Waals surface area contributed by atoms with Crippen LogP contribution in [0.5, 0.6) is 0 Å². The van der Waals surface area contributed by atoms with Crippen LogP contribution in [0.2, 0.25) is 0 Å². The van der Waals surface area contributed by atoms with E-state index in [-0.39, 0.29) is 0 Å². The summed E-state index contributed by atoms with van der Waals surface area (Å²) in [5, 5.41) is 0. The minimum absolute atomic E-state index is 0.734. The maximum Gasteiger partial charge on any atom is 0.216 e. The summed E-state index contributed by atoms with van der Waals surface area (Å²) in [6, 6.07) is 3.82. The van der Waals surface area contributed by atoms with Crippen LogP contribution < -0.4 is 0 Å². The summed E-state index contributed by atoms with van der Waals surface area (Å²) in [7, 11) is 0. The van der Waals surface area contributed by atoms with Crippen LogP contribution in [0.4, 0.5) is 0 Å². The molecule has 0 saturated carbocycles. The molecule has 0 saturated heterocycles. The molecule has 1 aromatic carbocycles. The van der Waals surface area contributed by atoms with Gasteiger partial charge in [0.05, 0.1) is 0 Å². The zero-order chi connectivity index (χ0) is 10.2. The fourth-order valence-electron chi connectivity index (χ4n) is 1.20. The molecule has 72 valence electrons. The molecule has 1 rings (SSSR count). The third kappa shape index (κ3) is 2.52. The lowest BCUT2D eigenvalue weighted by Gasteiger charge is -2.15. The largest absolute Gasteiger partial charge is 0.216 e. The minimum Gasteiger partial charge on any atom is -0.0784 e. The zero-order valence-electron chi connectivity index (χ0n) is 7.79. The molecule has 0 aliphatic rings. The van der Waals surface area contributed by atoms with Gasteiger partial charge < -0.3 is 0 Å². The van der Waals surface area contributed by atoms with E-state index in [4.69, 9.17) is 34.8 Å². The topological polar surface area (TPSA) is 0 Å². The molecular weight excluding hydrogens is 226 g/mol. The molecule has 0 radical (unpaired) electrons. The zero-order valence-corrected chi connectivity index (χ0v) is 10.1. The number of hydrogen-bond donors (Lipinski definition) is 0. The van der Waals surface area contributed by atoms with Gasteiger partial charge in [-0.05, 0) is 37.5 Å². The van der Waals surface area contributed by atoms with Gasteiger partial charge in [-0.15, -0.1) is 0 Å². The van der Waals surface area contributed by atoms with E-state index in [0.717, 1.165) is 16.7 Å². The Bertz CT molecular complexity index is 300.